The van der Waals surface area contributed by atoms with E-state index in [4.69, 9.17) is 15.2 Å². The van der Waals surface area contributed by atoms with E-state index < -0.39 is 0 Å². The largest absolute Gasteiger partial charge is 0.378 e. The standard InChI is InChI=1S/C24H38N8O3/c1-17(2)28-23-30-22(31-24(32-23)29-20-4-3-5-20)27-16-18-6-8-19(9-7-18)21(33)26-11-13-35-15-14-34-12-10-25/h6-9,17,20H,3-5,10-16,25H2,1-2H3,(H,26,33)(H3,27,28,29,30,31,32). The van der Waals surface area contributed by atoms with Crippen LogP contribution in [0.15, 0.2) is 24.3 Å². The molecular formula is C24H38N8O3. The SMILES string of the molecule is CC(C)Nc1nc(NCc2ccc(C(=O)NCCOCCOCCN)cc2)nc(NC2CCC2)n1. The minimum Gasteiger partial charge on any atom is -0.378 e. The fourth-order valence-corrected chi connectivity index (χ4v) is 3.28. The van der Waals surface area contributed by atoms with Crippen LogP contribution >= 0.6 is 0 Å². The minimum atomic E-state index is -0.138. The lowest BCUT2D eigenvalue weighted by molar-refractivity contribution is 0.0511. The Balaban J connectivity index is 1.45. The maximum Gasteiger partial charge on any atom is 0.251 e. The highest BCUT2D eigenvalue weighted by Crippen LogP contribution is 2.22. The van der Waals surface area contributed by atoms with Crippen molar-refractivity contribution in [3.05, 3.63) is 35.4 Å². The van der Waals surface area contributed by atoms with Crippen LogP contribution in [-0.4, -0.2) is 72.5 Å². The second kappa shape index (κ2) is 14.4. The summed E-state index contributed by atoms with van der Waals surface area (Å²) in [6.07, 6.45) is 3.51. The predicted octanol–water partition coefficient (Wildman–Crippen LogP) is 1.99. The van der Waals surface area contributed by atoms with Crippen LogP contribution in [0.5, 0.6) is 0 Å². The van der Waals surface area contributed by atoms with E-state index in [0.29, 0.717) is 75.5 Å². The lowest BCUT2D eigenvalue weighted by Crippen LogP contribution is -2.28. The van der Waals surface area contributed by atoms with Crippen molar-refractivity contribution in [2.24, 2.45) is 5.73 Å². The third-order valence-corrected chi connectivity index (χ3v) is 5.32. The number of aromatic nitrogens is 3. The van der Waals surface area contributed by atoms with E-state index >= 15 is 0 Å². The zero-order valence-electron chi connectivity index (χ0n) is 20.7. The van der Waals surface area contributed by atoms with Gasteiger partial charge in [-0.2, -0.15) is 15.0 Å². The van der Waals surface area contributed by atoms with Gasteiger partial charge in [0.2, 0.25) is 17.8 Å². The smallest absolute Gasteiger partial charge is 0.251 e. The lowest BCUT2D eigenvalue weighted by Gasteiger charge is -2.26. The lowest BCUT2D eigenvalue weighted by atomic mass is 9.93. The Morgan fingerprint density at radius 2 is 1.69 bits per heavy atom. The van der Waals surface area contributed by atoms with Gasteiger partial charge < -0.3 is 36.5 Å². The molecule has 1 aromatic carbocycles. The first-order chi connectivity index (χ1) is 17.0. The first-order valence-corrected chi connectivity index (χ1v) is 12.3. The molecule has 3 rings (SSSR count). The van der Waals surface area contributed by atoms with Gasteiger partial charge in [0.25, 0.3) is 5.91 Å². The summed E-state index contributed by atoms with van der Waals surface area (Å²) in [5.74, 6) is 1.48. The molecule has 1 aliphatic carbocycles. The van der Waals surface area contributed by atoms with Crippen molar-refractivity contribution in [1.29, 1.82) is 0 Å². The van der Waals surface area contributed by atoms with Gasteiger partial charge in [-0.05, 0) is 50.8 Å². The summed E-state index contributed by atoms with van der Waals surface area (Å²) in [7, 11) is 0. The van der Waals surface area contributed by atoms with Crippen LogP contribution in [0.2, 0.25) is 0 Å². The summed E-state index contributed by atoms with van der Waals surface area (Å²) in [4.78, 5) is 25.8. The third-order valence-electron chi connectivity index (χ3n) is 5.32. The highest BCUT2D eigenvalue weighted by atomic mass is 16.5. The number of hydrogen-bond acceptors (Lipinski definition) is 10. The van der Waals surface area contributed by atoms with E-state index in [1.165, 1.54) is 6.42 Å². The number of ether oxygens (including phenoxy) is 2. The number of nitrogens with zero attached hydrogens (tertiary/aromatic N) is 3. The molecule has 11 nitrogen and oxygen atoms in total. The van der Waals surface area contributed by atoms with Crippen LogP contribution in [0.4, 0.5) is 17.8 Å². The van der Waals surface area contributed by atoms with Crippen molar-refractivity contribution in [1.82, 2.24) is 20.3 Å². The minimum absolute atomic E-state index is 0.138. The molecule has 1 aliphatic rings. The van der Waals surface area contributed by atoms with Gasteiger partial charge in [0.05, 0.1) is 26.4 Å². The second-order valence-electron chi connectivity index (χ2n) is 8.70. The average Bonchev–Trinajstić information content (AvgIpc) is 2.81. The molecule has 1 saturated carbocycles. The third kappa shape index (κ3) is 9.63. The molecule has 2 aromatic rings. The van der Waals surface area contributed by atoms with Gasteiger partial charge in [-0.3, -0.25) is 4.79 Å². The van der Waals surface area contributed by atoms with Gasteiger partial charge in [0.15, 0.2) is 0 Å². The van der Waals surface area contributed by atoms with Crippen molar-refractivity contribution in [3.63, 3.8) is 0 Å². The first-order valence-electron chi connectivity index (χ1n) is 12.3. The summed E-state index contributed by atoms with van der Waals surface area (Å²) >= 11 is 0. The molecule has 1 amide bonds. The van der Waals surface area contributed by atoms with Crippen molar-refractivity contribution in [2.75, 3.05) is 55.5 Å². The molecule has 192 valence electrons. The Labute approximate surface area is 207 Å². The first kappa shape index (κ1) is 26.6. The molecule has 0 spiro atoms. The Hall–Kier alpha value is -3.02. The molecule has 35 heavy (non-hydrogen) atoms. The van der Waals surface area contributed by atoms with Crippen molar-refractivity contribution in [3.8, 4) is 0 Å². The molecule has 1 heterocycles. The van der Waals surface area contributed by atoms with E-state index in [1.54, 1.807) is 12.1 Å². The van der Waals surface area contributed by atoms with Gasteiger partial charge in [-0.25, -0.2) is 0 Å². The maximum absolute atomic E-state index is 12.3. The molecular weight excluding hydrogens is 448 g/mol. The van der Waals surface area contributed by atoms with E-state index in [2.05, 4.69) is 36.2 Å². The molecule has 1 fully saturated rings. The number of carbonyl (C=O) groups is 1. The van der Waals surface area contributed by atoms with Crippen molar-refractivity contribution in [2.45, 2.75) is 51.7 Å². The number of carbonyl (C=O) groups excluding carboxylic acids is 1. The molecule has 1 aromatic heterocycles. The fraction of sp³-hybridized carbons (Fsp3) is 0.583. The molecule has 0 saturated heterocycles. The van der Waals surface area contributed by atoms with Gasteiger partial charge in [-0.1, -0.05) is 12.1 Å². The maximum atomic E-state index is 12.3. The fourth-order valence-electron chi connectivity index (χ4n) is 3.28. The van der Waals surface area contributed by atoms with Crippen LogP contribution in [-0.2, 0) is 16.0 Å². The number of benzene rings is 1. The van der Waals surface area contributed by atoms with Crippen LogP contribution in [0, 0.1) is 0 Å². The highest BCUT2D eigenvalue weighted by molar-refractivity contribution is 5.94. The summed E-state index contributed by atoms with van der Waals surface area (Å²) in [5.41, 5.74) is 6.95. The highest BCUT2D eigenvalue weighted by Gasteiger charge is 2.19. The summed E-state index contributed by atoms with van der Waals surface area (Å²) in [6, 6.07) is 8.07. The van der Waals surface area contributed by atoms with Crippen LogP contribution in [0.1, 0.15) is 49.0 Å². The zero-order valence-corrected chi connectivity index (χ0v) is 20.7. The van der Waals surface area contributed by atoms with Crippen molar-refractivity contribution >= 4 is 23.8 Å². The Bertz CT molecular complexity index is 906. The summed E-state index contributed by atoms with van der Waals surface area (Å²) in [5, 5.41) is 12.7. The molecule has 0 unspecified atom stereocenters. The molecule has 0 bridgehead atoms. The molecule has 0 atom stereocenters. The Morgan fingerprint density at radius 3 is 2.34 bits per heavy atom. The summed E-state index contributed by atoms with van der Waals surface area (Å²) in [6.45, 7) is 7.47. The van der Waals surface area contributed by atoms with Gasteiger partial charge in [0.1, 0.15) is 0 Å². The normalized spacial score (nSPS) is 13.4. The number of rotatable bonds is 16. The number of anilines is 3. The second-order valence-corrected chi connectivity index (χ2v) is 8.70. The Morgan fingerprint density at radius 1 is 1.00 bits per heavy atom. The topological polar surface area (TPSA) is 148 Å². The van der Waals surface area contributed by atoms with Gasteiger partial charge >= 0.3 is 0 Å². The van der Waals surface area contributed by atoms with Crippen molar-refractivity contribution < 1.29 is 14.3 Å². The van der Waals surface area contributed by atoms with Gasteiger partial charge in [0, 0.05) is 37.3 Å². The predicted molar refractivity (Wildman–Crippen MR) is 137 cm³/mol. The molecule has 0 aliphatic heterocycles. The average molecular weight is 487 g/mol. The van der Waals surface area contributed by atoms with E-state index in [9.17, 15) is 4.79 Å². The van der Waals surface area contributed by atoms with Crippen LogP contribution in [0.3, 0.4) is 0 Å². The summed E-state index contributed by atoms with van der Waals surface area (Å²) < 4.78 is 10.6. The zero-order chi connectivity index (χ0) is 24.9. The van der Waals surface area contributed by atoms with Crippen LogP contribution < -0.4 is 27.0 Å². The molecule has 11 heteroatoms. The van der Waals surface area contributed by atoms with E-state index in [0.717, 1.165) is 18.4 Å². The monoisotopic (exact) mass is 486 g/mol. The van der Waals surface area contributed by atoms with E-state index in [1.807, 2.05) is 26.0 Å². The van der Waals surface area contributed by atoms with Gasteiger partial charge in [-0.15, -0.1) is 0 Å². The number of nitrogens with two attached hydrogens (primary N) is 1. The quantitative estimate of drug-likeness (QED) is 0.223. The molecule has 0 radical (unpaired) electrons. The Kier molecular flexibility index (Phi) is 10.9. The molecule has 6 N–H and O–H groups in total. The van der Waals surface area contributed by atoms with Crippen LogP contribution in [0.25, 0.3) is 0 Å². The number of amides is 1. The number of hydrogen-bond donors (Lipinski definition) is 5. The van der Waals surface area contributed by atoms with E-state index in [-0.39, 0.29) is 11.9 Å². The number of nitrogens with one attached hydrogen (secondary N) is 4.